The Kier molecular flexibility index (Phi) is 15.5. The molecule has 0 spiro atoms. The molecule has 18 nitrogen and oxygen atoms in total. The summed E-state index contributed by atoms with van der Waals surface area (Å²) in [5.74, 6) is -0.457. The van der Waals surface area contributed by atoms with Gasteiger partial charge in [0.25, 0.3) is 0 Å². The fourth-order valence-electron chi connectivity index (χ4n) is 11.4. The number of rotatable bonds is 19. The number of hydrogen-bond donors (Lipinski definition) is 1. The van der Waals surface area contributed by atoms with Gasteiger partial charge in [0.1, 0.15) is 36.0 Å². The van der Waals surface area contributed by atoms with Gasteiger partial charge in [0.05, 0.1) is 39.3 Å². The summed E-state index contributed by atoms with van der Waals surface area (Å²) < 4.78 is 64.8. The molecule has 0 saturated carbocycles. The van der Waals surface area contributed by atoms with Gasteiger partial charge in [-0.05, 0) is 74.5 Å². The number of benzene rings is 6. The summed E-state index contributed by atoms with van der Waals surface area (Å²) in [6, 6.07) is 40.3. The van der Waals surface area contributed by atoms with E-state index in [1.807, 2.05) is 132 Å². The van der Waals surface area contributed by atoms with Gasteiger partial charge in [-0.2, -0.15) is 9.97 Å². The van der Waals surface area contributed by atoms with Gasteiger partial charge in [0.2, 0.25) is 11.8 Å². The summed E-state index contributed by atoms with van der Waals surface area (Å²) in [5, 5.41) is 6.94. The third-order valence-corrected chi connectivity index (χ3v) is 14.8. The first-order valence-electron chi connectivity index (χ1n) is 26.6. The number of carbonyl (C=O) groups is 3. The van der Waals surface area contributed by atoms with Crippen molar-refractivity contribution in [2.24, 2.45) is 0 Å². The number of nitrogens with one attached hydrogen (secondary N) is 1. The Balaban J connectivity index is 1.02. The highest BCUT2D eigenvalue weighted by atomic mass is 16.7. The fourth-order valence-corrected chi connectivity index (χ4v) is 11.4. The van der Waals surface area contributed by atoms with Crippen LogP contribution in [0.4, 0.5) is 5.95 Å². The van der Waals surface area contributed by atoms with Crippen LogP contribution in [0, 0.1) is 0 Å². The lowest BCUT2D eigenvalue weighted by molar-refractivity contribution is -0.187. The number of carbonyl (C=O) groups excluding carboxylic acids is 3. The Morgan fingerprint density at radius 1 is 0.762 bits per heavy atom. The van der Waals surface area contributed by atoms with Gasteiger partial charge in [-0.1, -0.05) is 116 Å². The molecule has 0 radical (unpaired) electrons. The van der Waals surface area contributed by atoms with Gasteiger partial charge in [0.15, 0.2) is 35.8 Å². The van der Waals surface area contributed by atoms with Crippen LogP contribution in [-0.2, 0) is 53.1 Å². The van der Waals surface area contributed by atoms with Gasteiger partial charge in [0, 0.05) is 45.8 Å². The standard InChI is InChI=1S/C62H61N5O13/c1-7-31-74-60-55-59(65-61(66-60)64-54-53-47(30-21-40-20-19-39-14-11-12-17-46(39)52(40)53)56(76-36(2)68)58(78-38(4)70)57(54)77-37(3)69)67(35-63-55)50-33-48(80-51-18-13-32-73-51)49(79-50)34-75-62(41-15-9-8-10-16-41,42-22-26-44(71-5)27-23-42)43-24-28-45(72-6)29-25-43/h7-12,14-17,19-30,35,48-51,54,56-58H,1,13,18,31-34H2,2-6H3,(H,64,65,66)/t48-,49+,50+,51+,54-,56-,57+,58+/m0/s1. The minimum absolute atomic E-state index is 0.0350. The fraction of sp³-hybridized carbons (Fsp3) is 0.323. The maximum absolute atomic E-state index is 13.3. The molecule has 0 unspecified atom stereocenters. The zero-order valence-electron chi connectivity index (χ0n) is 44.9. The van der Waals surface area contributed by atoms with Crippen molar-refractivity contribution in [1.82, 2.24) is 19.5 Å². The predicted octanol–water partition coefficient (Wildman–Crippen LogP) is 10.2. The van der Waals surface area contributed by atoms with Gasteiger partial charge in [-0.15, -0.1) is 0 Å². The third-order valence-electron chi connectivity index (χ3n) is 14.8. The predicted molar refractivity (Wildman–Crippen MR) is 295 cm³/mol. The van der Waals surface area contributed by atoms with E-state index in [1.165, 1.54) is 20.8 Å². The van der Waals surface area contributed by atoms with Gasteiger partial charge in [-0.25, -0.2) is 4.98 Å². The van der Waals surface area contributed by atoms with E-state index in [0.717, 1.165) is 44.7 Å². The molecule has 6 aromatic carbocycles. The van der Waals surface area contributed by atoms with Crippen LogP contribution in [0.15, 0.2) is 146 Å². The maximum atomic E-state index is 13.3. The summed E-state index contributed by atoms with van der Waals surface area (Å²) in [6.45, 7) is 8.35. The van der Waals surface area contributed by atoms with Gasteiger partial charge < -0.3 is 52.7 Å². The molecule has 2 fully saturated rings. The summed E-state index contributed by atoms with van der Waals surface area (Å²) in [4.78, 5) is 54.1. The highest BCUT2D eigenvalue weighted by Crippen LogP contribution is 2.49. The van der Waals surface area contributed by atoms with Crippen LogP contribution in [0.2, 0.25) is 0 Å². The molecule has 2 aromatic heterocycles. The van der Waals surface area contributed by atoms with Crippen molar-refractivity contribution in [1.29, 1.82) is 0 Å². The van der Waals surface area contributed by atoms with Crippen LogP contribution in [0.25, 0.3) is 32.7 Å². The first-order chi connectivity index (χ1) is 39.0. The second kappa shape index (κ2) is 23.1. The smallest absolute Gasteiger partial charge is 0.303 e. The van der Waals surface area contributed by atoms with Crippen molar-refractivity contribution in [3.8, 4) is 17.4 Å². The number of hydrogen-bond acceptors (Lipinski definition) is 17. The molecule has 8 aromatic rings. The summed E-state index contributed by atoms with van der Waals surface area (Å²) in [5.41, 5.74) is 3.20. The molecule has 4 heterocycles. The molecular formula is C62H61N5O13. The van der Waals surface area contributed by atoms with Gasteiger partial charge in [-0.3, -0.25) is 19.0 Å². The first kappa shape index (κ1) is 53.6. The van der Waals surface area contributed by atoms with E-state index in [-0.39, 0.29) is 25.0 Å². The van der Waals surface area contributed by atoms with Gasteiger partial charge >= 0.3 is 17.9 Å². The minimum atomic E-state index is -1.31. The average Bonchev–Trinajstić information content (AvgIpc) is 3.57. The zero-order valence-corrected chi connectivity index (χ0v) is 44.9. The highest BCUT2D eigenvalue weighted by Gasteiger charge is 2.51. The molecule has 1 N–H and O–H groups in total. The van der Waals surface area contributed by atoms with Crippen LogP contribution < -0.4 is 19.5 Å². The molecule has 2 saturated heterocycles. The first-order valence-corrected chi connectivity index (χ1v) is 26.6. The lowest BCUT2D eigenvalue weighted by atomic mass is 9.77. The molecule has 18 heteroatoms. The Morgan fingerprint density at radius 2 is 1.41 bits per heavy atom. The second-order valence-electron chi connectivity index (χ2n) is 19.8. The molecule has 0 bridgehead atoms. The number of methoxy groups -OCH3 is 2. The van der Waals surface area contributed by atoms with Crippen molar-refractivity contribution < 1.29 is 61.8 Å². The third kappa shape index (κ3) is 10.5. The molecule has 11 rings (SSSR count). The lowest BCUT2D eigenvalue weighted by Gasteiger charge is -2.42. The van der Waals surface area contributed by atoms with Crippen molar-refractivity contribution in [3.63, 3.8) is 0 Å². The van der Waals surface area contributed by atoms with E-state index in [4.69, 9.17) is 62.3 Å². The SMILES string of the molecule is C=CCOc1nc(N[C@H]2c3c(ccc4ccc5ccccc5c34)[C@H](OC(C)=O)[C@@H](OC(C)=O)[C@@H]2OC(C)=O)nc2c1ncn2[C@H]1C[C@H](O[C@@H]2CCCO2)[C@@H](COC(c2ccccc2)(c2ccc(OC)cc2)c2ccc(OC)cc2)O1. The lowest BCUT2D eigenvalue weighted by Crippen LogP contribution is -2.50. The van der Waals surface area contributed by atoms with Crippen LogP contribution >= 0.6 is 0 Å². The van der Waals surface area contributed by atoms with Crippen LogP contribution in [0.5, 0.6) is 17.4 Å². The molecule has 1 aliphatic carbocycles. The van der Waals surface area contributed by atoms with Crippen LogP contribution in [0.1, 0.15) is 86.2 Å². The molecule has 80 heavy (non-hydrogen) atoms. The molecule has 2 aliphatic heterocycles. The number of nitrogens with zero attached hydrogens (tertiary/aromatic N) is 4. The van der Waals surface area contributed by atoms with E-state index in [2.05, 4.69) is 11.9 Å². The van der Waals surface area contributed by atoms with E-state index >= 15 is 0 Å². The van der Waals surface area contributed by atoms with Crippen LogP contribution in [0.3, 0.4) is 0 Å². The zero-order chi connectivity index (χ0) is 55.5. The summed E-state index contributed by atoms with van der Waals surface area (Å²) in [7, 11) is 3.27. The Labute approximate surface area is 461 Å². The number of anilines is 1. The molecule has 412 valence electrons. The molecule has 8 atom stereocenters. The van der Waals surface area contributed by atoms with Crippen molar-refractivity contribution >= 4 is 56.6 Å². The normalized spacial score (nSPS) is 21.7. The van der Waals surface area contributed by atoms with E-state index < -0.39 is 72.6 Å². The van der Waals surface area contributed by atoms with Crippen LogP contribution in [-0.4, -0.2) is 102 Å². The number of imidazole rings is 1. The number of fused-ring (bicyclic) bond motifs is 6. The van der Waals surface area contributed by atoms with E-state index in [1.54, 1.807) is 26.6 Å². The Morgan fingerprint density at radius 3 is 2.08 bits per heavy atom. The summed E-state index contributed by atoms with van der Waals surface area (Å²) >= 11 is 0. The average molecular weight is 1080 g/mol. The van der Waals surface area contributed by atoms with E-state index in [0.29, 0.717) is 53.2 Å². The molecular weight excluding hydrogens is 1020 g/mol. The number of aromatic nitrogens is 4. The van der Waals surface area contributed by atoms with Crippen molar-refractivity contribution in [3.05, 3.63) is 174 Å². The topological polar surface area (TPSA) is 199 Å². The largest absolute Gasteiger partial charge is 0.497 e. The summed E-state index contributed by atoms with van der Waals surface area (Å²) in [6.07, 6.45) is -1.06. The minimum Gasteiger partial charge on any atom is -0.497 e. The Hall–Kier alpha value is -8.42. The highest BCUT2D eigenvalue weighted by molar-refractivity contribution is 6.10. The molecule has 0 amide bonds. The number of esters is 3. The van der Waals surface area contributed by atoms with Crippen molar-refractivity contribution in [2.45, 2.75) is 94.7 Å². The Bertz CT molecular complexity index is 3500. The van der Waals surface area contributed by atoms with Crippen molar-refractivity contribution in [2.75, 3.05) is 39.4 Å². The molecule has 3 aliphatic rings. The monoisotopic (exact) mass is 1080 g/mol. The quantitative estimate of drug-likeness (QED) is 0.0263. The van der Waals surface area contributed by atoms with E-state index in [9.17, 15) is 14.4 Å². The second-order valence-corrected chi connectivity index (χ2v) is 19.8. The maximum Gasteiger partial charge on any atom is 0.303 e. The number of ether oxygens (including phenoxy) is 10.